The van der Waals surface area contributed by atoms with Crippen molar-refractivity contribution >= 4 is 19.8 Å². The van der Waals surface area contributed by atoms with Gasteiger partial charge in [-0.1, -0.05) is 142 Å². The lowest BCUT2D eigenvalue weighted by Crippen LogP contribution is -2.29. The summed E-state index contributed by atoms with van der Waals surface area (Å²) in [5, 5.41) is 10.0. The molecule has 0 amide bonds. The first-order valence-electron chi connectivity index (χ1n) is 20.3. The Balaban J connectivity index is 4.19. The lowest BCUT2D eigenvalue weighted by Gasteiger charge is -2.18. The molecule has 0 aliphatic rings. The molecule has 55 heavy (non-hydrogen) atoms. The van der Waals surface area contributed by atoms with Crippen molar-refractivity contribution in [2.75, 3.05) is 13.2 Å². The predicted octanol–water partition coefficient (Wildman–Crippen LogP) is 11.4. The van der Waals surface area contributed by atoms with Crippen molar-refractivity contribution in [1.82, 2.24) is 0 Å². The molecule has 0 bridgehead atoms. The monoisotopic (exact) mass is 786 g/mol. The van der Waals surface area contributed by atoms with Gasteiger partial charge in [0.2, 0.25) is 0 Å². The van der Waals surface area contributed by atoms with E-state index < -0.39 is 38.6 Å². The number of aliphatic hydroxyl groups excluding tert-OH is 1. The summed E-state index contributed by atoms with van der Waals surface area (Å²) in [5.41, 5.74) is 0. The minimum Gasteiger partial charge on any atom is -0.462 e. The van der Waals surface area contributed by atoms with Crippen LogP contribution >= 0.6 is 7.82 Å². The van der Waals surface area contributed by atoms with E-state index >= 15 is 0 Å². The van der Waals surface area contributed by atoms with Crippen LogP contribution in [0.25, 0.3) is 0 Å². The summed E-state index contributed by atoms with van der Waals surface area (Å²) in [5.74, 6) is -1.04. The van der Waals surface area contributed by atoms with Gasteiger partial charge in [-0.2, -0.15) is 0 Å². The van der Waals surface area contributed by atoms with Crippen molar-refractivity contribution in [2.45, 2.75) is 148 Å². The molecular weight excluding hydrogens is 715 g/mol. The fourth-order valence-electron chi connectivity index (χ4n) is 4.82. The van der Waals surface area contributed by atoms with Gasteiger partial charge in [-0.15, -0.1) is 0 Å². The van der Waals surface area contributed by atoms with Crippen molar-refractivity contribution in [3.05, 3.63) is 109 Å². The van der Waals surface area contributed by atoms with Gasteiger partial charge >= 0.3 is 19.8 Å². The first-order chi connectivity index (χ1) is 26.7. The molecule has 0 radical (unpaired) electrons. The van der Waals surface area contributed by atoms with Crippen LogP contribution in [0.5, 0.6) is 0 Å². The predicted molar refractivity (Wildman–Crippen MR) is 226 cm³/mol. The molecule has 0 unspecified atom stereocenters. The molecule has 0 rings (SSSR count). The van der Waals surface area contributed by atoms with E-state index in [9.17, 15) is 19.3 Å². The Hall–Kier alpha value is -3.33. The highest BCUT2D eigenvalue weighted by molar-refractivity contribution is 7.46. The Labute approximate surface area is 332 Å². The highest BCUT2D eigenvalue weighted by atomic mass is 31.2. The van der Waals surface area contributed by atoms with Gasteiger partial charge in [0.25, 0.3) is 0 Å². The number of ether oxygens (including phenoxy) is 2. The molecule has 2 atom stereocenters. The molecule has 0 aromatic carbocycles. The summed E-state index contributed by atoms with van der Waals surface area (Å²) in [6.45, 7) is 3.37. The second kappa shape index (κ2) is 38.9. The molecule has 3 N–H and O–H groups in total. The minimum absolute atomic E-state index is 0.0873. The smallest absolute Gasteiger partial charge is 0.462 e. The van der Waals surface area contributed by atoms with Crippen molar-refractivity contribution in [1.29, 1.82) is 0 Å². The van der Waals surface area contributed by atoms with Crippen LogP contribution in [0.3, 0.4) is 0 Å². The highest BCUT2D eigenvalue weighted by Crippen LogP contribution is 2.36. The maximum atomic E-state index is 12.4. The number of esters is 2. The Morgan fingerprint density at radius 3 is 1.71 bits per heavy atom. The van der Waals surface area contributed by atoms with Crippen LogP contribution in [0.1, 0.15) is 136 Å². The zero-order chi connectivity index (χ0) is 40.5. The van der Waals surface area contributed by atoms with Gasteiger partial charge in [0.05, 0.1) is 12.7 Å². The number of unbranched alkanes of at least 4 members (excludes halogenated alkanes) is 7. The minimum atomic E-state index is -4.80. The maximum Gasteiger partial charge on any atom is 0.469 e. The van der Waals surface area contributed by atoms with Gasteiger partial charge in [0.1, 0.15) is 6.61 Å². The Bertz CT molecular complexity index is 1270. The van der Waals surface area contributed by atoms with Crippen LogP contribution in [0, 0.1) is 0 Å². The molecule has 0 heterocycles. The van der Waals surface area contributed by atoms with Crippen LogP contribution in [-0.2, 0) is 28.2 Å². The fraction of sp³-hybridized carbons (Fsp3) is 0.556. The average Bonchev–Trinajstić information content (AvgIpc) is 3.15. The van der Waals surface area contributed by atoms with Crippen molar-refractivity contribution in [3.8, 4) is 0 Å². The summed E-state index contributed by atoms with van der Waals surface area (Å²) in [6, 6.07) is 0. The van der Waals surface area contributed by atoms with E-state index in [-0.39, 0.29) is 19.4 Å². The molecule has 0 aromatic heterocycles. The van der Waals surface area contributed by atoms with Gasteiger partial charge in [-0.3, -0.25) is 14.1 Å². The number of hydrogen-bond donors (Lipinski definition) is 3. The molecule has 0 saturated heterocycles. The Morgan fingerprint density at radius 2 is 1.11 bits per heavy atom. The molecule has 0 saturated carbocycles. The van der Waals surface area contributed by atoms with Crippen LogP contribution in [0.2, 0.25) is 0 Å². The molecule has 0 aliphatic heterocycles. The number of allylic oxidation sites excluding steroid dienone is 16. The molecule has 310 valence electrons. The molecule has 9 nitrogen and oxygen atoms in total. The molecule has 0 aliphatic carbocycles. The molecular formula is C45H71O9P. The number of carbonyl (C=O) groups is 2. The summed E-state index contributed by atoms with van der Waals surface area (Å²) < 4.78 is 26.3. The SMILES string of the molecule is CC/C=C\C/C=C\C/C=C\C/C=C\C/C=C\CCCCCC(=O)OC[C@H](COP(=O)(O)O)OC(=O)CCC/C=C/C/C=C\C[C@@H](O)/C=C\C=C/CCCCC. The van der Waals surface area contributed by atoms with E-state index in [0.29, 0.717) is 32.1 Å². The summed E-state index contributed by atoms with van der Waals surface area (Å²) in [4.78, 5) is 42.8. The van der Waals surface area contributed by atoms with Crippen molar-refractivity contribution in [2.24, 2.45) is 0 Å². The zero-order valence-electron chi connectivity index (χ0n) is 33.6. The van der Waals surface area contributed by atoms with Crippen LogP contribution in [0.4, 0.5) is 0 Å². The second-order valence-corrected chi connectivity index (χ2v) is 14.3. The third-order valence-electron chi connectivity index (χ3n) is 7.86. The summed E-state index contributed by atoms with van der Waals surface area (Å²) in [7, 11) is -4.80. The van der Waals surface area contributed by atoms with Crippen LogP contribution < -0.4 is 0 Å². The first-order valence-corrected chi connectivity index (χ1v) is 21.8. The van der Waals surface area contributed by atoms with Gasteiger partial charge in [-0.05, 0) is 89.9 Å². The third kappa shape index (κ3) is 41.7. The van der Waals surface area contributed by atoms with E-state index in [4.69, 9.17) is 19.3 Å². The number of aliphatic hydroxyl groups is 1. The Kier molecular flexibility index (Phi) is 36.6. The first kappa shape index (κ1) is 51.7. The van der Waals surface area contributed by atoms with Gasteiger partial charge in [0.15, 0.2) is 6.10 Å². The third-order valence-corrected chi connectivity index (χ3v) is 8.34. The van der Waals surface area contributed by atoms with E-state index in [0.717, 1.165) is 57.8 Å². The maximum absolute atomic E-state index is 12.4. The normalized spacial score (nSPS) is 14.2. The number of phosphoric acid groups is 1. The van der Waals surface area contributed by atoms with Crippen molar-refractivity contribution < 1.29 is 43.0 Å². The highest BCUT2D eigenvalue weighted by Gasteiger charge is 2.22. The zero-order valence-corrected chi connectivity index (χ0v) is 34.5. The van der Waals surface area contributed by atoms with E-state index in [1.807, 2.05) is 36.5 Å². The Morgan fingerprint density at radius 1 is 0.582 bits per heavy atom. The molecule has 0 aromatic rings. The van der Waals surface area contributed by atoms with Crippen LogP contribution in [-0.4, -0.2) is 52.3 Å². The quantitative estimate of drug-likeness (QED) is 0.0188. The van der Waals surface area contributed by atoms with Gasteiger partial charge < -0.3 is 24.4 Å². The molecule has 0 spiro atoms. The lowest BCUT2D eigenvalue weighted by molar-refractivity contribution is -0.161. The summed E-state index contributed by atoms with van der Waals surface area (Å²) >= 11 is 0. The van der Waals surface area contributed by atoms with Crippen LogP contribution in [0.15, 0.2) is 109 Å². The number of rotatable bonds is 35. The topological polar surface area (TPSA) is 140 Å². The molecule has 10 heteroatoms. The standard InChI is InChI=1S/C45H71O9P/c1-3-5-7-9-11-12-13-14-15-16-17-18-19-20-21-22-26-30-34-38-44(47)52-40-43(41-53-55(49,50)51)54-45(48)39-35-31-27-23-25-29-33-37-42(46)36-32-28-24-10-8-6-4-2/h5,7,11-12,14-15,17-18,20-21,23-24,27-29,32-33,36,42-43,46H,3-4,6,8-10,13,16,19,22,25-26,30-31,34-35,37-41H2,1-2H3,(H2,49,50,51)/b7-5-,12-11-,15-14-,18-17-,21-20-,27-23+,28-24-,33-29-,36-32-/t42-,43+/m0/s1. The largest absolute Gasteiger partial charge is 0.469 e. The second-order valence-electron chi connectivity index (χ2n) is 13.1. The van der Waals surface area contributed by atoms with E-state index in [2.05, 4.69) is 85.2 Å². The van der Waals surface area contributed by atoms with E-state index in [1.165, 1.54) is 19.3 Å². The van der Waals surface area contributed by atoms with E-state index in [1.54, 1.807) is 6.08 Å². The summed E-state index contributed by atoms with van der Waals surface area (Å²) in [6.07, 6.45) is 51.2. The lowest BCUT2D eigenvalue weighted by atomic mass is 10.1. The van der Waals surface area contributed by atoms with Gasteiger partial charge in [-0.25, -0.2) is 4.57 Å². The molecule has 0 fully saturated rings. The number of phosphoric ester groups is 1. The number of hydrogen-bond acceptors (Lipinski definition) is 7. The van der Waals surface area contributed by atoms with Crippen molar-refractivity contribution in [3.63, 3.8) is 0 Å². The number of carbonyl (C=O) groups excluding carboxylic acids is 2. The van der Waals surface area contributed by atoms with Gasteiger partial charge in [0, 0.05) is 12.8 Å². The average molecular weight is 787 g/mol. The fourth-order valence-corrected chi connectivity index (χ4v) is 5.18.